The maximum Gasteiger partial charge on any atom is 0.211 e. The number of nitrogens with zero attached hydrogens (tertiary/aromatic N) is 4. The third-order valence-electron chi connectivity index (χ3n) is 5.89. The highest BCUT2D eigenvalue weighted by Gasteiger charge is 2.52. The number of fused-ring (bicyclic) bond motifs is 4. The molecule has 146 valence electrons. The van der Waals surface area contributed by atoms with E-state index in [-0.39, 0.29) is 6.04 Å². The van der Waals surface area contributed by atoms with E-state index in [2.05, 4.69) is 16.1 Å². The number of piperidine rings is 1. The monoisotopic (exact) mass is 398 g/mol. The fourth-order valence-corrected chi connectivity index (χ4v) is 5.29. The molecule has 0 unspecified atom stereocenters. The van der Waals surface area contributed by atoms with Gasteiger partial charge in [-0.15, -0.1) is 0 Å². The average Bonchev–Trinajstić information content (AvgIpc) is 3.15. The summed E-state index contributed by atoms with van der Waals surface area (Å²) in [5.41, 5.74) is 2.59. The lowest BCUT2D eigenvalue weighted by Gasteiger charge is -2.50. The molecule has 0 aliphatic carbocycles. The van der Waals surface area contributed by atoms with Gasteiger partial charge < -0.3 is 4.74 Å². The largest absolute Gasteiger partial charge is 0.466 e. The normalized spacial score (nSPS) is 23.7. The van der Waals surface area contributed by atoms with Gasteiger partial charge in [-0.1, -0.05) is 18.2 Å². The van der Waals surface area contributed by atoms with Crippen molar-refractivity contribution < 1.29 is 13.2 Å². The zero-order valence-corrected chi connectivity index (χ0v) is 16.5. The van der Waals surface area contributed by atoms with E-state index < -0.39 is 15.7 Å². The van der Waals surface area contributed by atoms with Crippen LogP contribution in [0, 0.1) is 0 Å². The Labute approximate surface area is 164 Å². The first-order valence-electron chi connectivity index (χ1n) is 9.47. The topological polar surface area (TPSA) is 75.1 Å². The van der Waals surface area contributed by atoms with Crippen LogP contribution in [0.3, 0.4) is 0 Å². The van der Waals surface area contributed by atoms with Crippen molar-refractivity contribution in [3.8, 4) is 5.75 Å². The lowest BCUT2D eigenvalue weighted by molar-refractivity contribution is -0.143. The molecule has 4 heterocycles. The van der Waals surface area contributed by atoms with Gasteiger partial charge in [0.05, 0.1) is 18.0 Å². The summed E-state index contributed by atoms with van der Waals surface area (Å²) >= 11 is 0. The number of hydrogen-bond acceptors (Lipinski definition) is 6. The highest BCUT2D eigenvalue weighted by Crippen LogP contribution is 2.49. The molecule has 1 fully saturated rings. The van der Waals surface area contributed by atoms with Crippen molar-refractivity contribution in [3.63, 3.8) is 0 Å². The lowest BCUT2D eigenvalue weighted by atomic mass is 9.91. The highest BCUT2D eigenvalue weighted by molar-refractivity contribution is 7.88. The van der Waals surface area contributed by atoms with Crippen LogP contribution in [0.25, 0.3) is 0 Å². The predicted molar refractivity (Wildman–Crippen MR) is 105 cm³/mol. The number of rotatable bonds is 2. The molecule has 1 aromatic heterocycles. The molecule has 2 aromatic rings. The first-order chi connectivity index (χ1) is 13.5. The molecule has 0 radical (unpaired) electrons. The van der Waals surface area contributed by atoms with E-state index >= 15 is 0 Å². The van der Waals surface area contributed by atoms with E-state index in [1.807, 2.05) is 30.3 Å². The fourth-order valence-electron chi connectivity index (χ4n) is 4.45. The van der Waals surface area contributed by atoms with Gasteiger partial charge in [-0.05, 0) is 18.2 Å². The number of sulfonamides is 1. The van der Waals surface area contributed by atoms with Gasteiger partial charge in [0.25, 0.3) is 0 Å². The summed E-state index contributed by atoms with van der Waals surface area (Å²) in [5.74, 6) is 0.878. The Balaban J connectivity index is 1.54. The number of aromatic nitrogens is 1. The Bertz CT molecular complexity index is 1030. The molecule has 3 aliphatic heterocycles. The van der Waals surface area contributed by atoms with Crippen molar-refractivity contribution in [1.29, 1.82) is 0 Å². The van der Waals surface area contributed by atoms with Crippen LogP contribution >= 0.6 is 0 Å². The molecule has 0 N–H and O–H groups in total. The molecule has 1 saturated heterocycles. The summed E-state index contributed by atoms with van der Waals surface area (Å²) in [5, 5.41) is 7.06. The molecule has 28 heavy (non-hydrogen) atoms. The standard InChI is InChI=1S/C20H22N4O3S/c1-28(25,26)23-12-8-20(9-13-23)24-18(16-4-2-3-5-19(16)27-20)14-17(22-24)15-6-10-21-11-7-15/h2-7,10-11,18H,8-9,12-14H2,1H3/t18-/m0/s1. The van der Waals surface area contributed by atoms with Crippen LogP contribution in [0.4, 0.5) is 0 Å². The number of hydrogen-bond donors (Lipinski definition) is 0. The second kappa shape index (κ2) is 6.28. The smallest absolute Gasteiger partial charge is 0.211 e. The van der Waals surface area contributed by atoms with Crippen LogP contribution in [0.5, 0.6) is 5.75 Å². The van der Waals surface area contributed by atoms with Crippen LogP contribution in [0.15, 0.2) is 53.9 Å². The number of ether oxygens (including phenoxy) is 1. The SMILES string of the molecule is CS(=O)(=O)N1CCC2(CC1)Oc1ccccc1[C@@H]1CC(c3ccncc3)=NN12. The molecule has 1 atom stereocenters. The van der Waals surface area contributed by atoms with Gasteiger partial charge in [-0.3, -0.25) is 4.98 Å². The summed E-state index contributed by atoms with van der Waals surface area (Å²) in [6, 6.07) is 12.1. The molecular weight excluding hydrogens is 376 g/mol. The Hall–Kier alpha value is -2.45. The summed E-state index contributed by atoms with van der Waals surface area (Å²) in [6.07, 6.45) is 6.78. The van der Waals surface area contributed by atoms with Crippen LogP contribution < -0.4 is 4.74 Å². The minimum absolute atomic E-state index is 0.0953. The van der Waals surface area contributed by atoms with Crippen LogP contribution in [0.1, 0.15) is 36.4 Å². The Morgan fingerprint density at radius 3 is 2.54 bits per heavy atom. The quantitative estimate of drug-likeness (QED) is 0.776. The zero-order chi connectivity index (χ0) is 19.4. The minimum Gasteiger partial charge on any atom is -0.466 e. The fraction of sp³-hybridized carbons (Fsp3) is 0.400. The van der Waals surface area contributed by atoms with Gasteiger partial charge in [0, 0.05) is 55.9 Å². The first-order valence-corrected chi connectivity index (χ1v) is 11.3. The summed E-state index contributed by atoms with van der Waals surface area (Å²) in [6.45, 7) is 0.870. The summed E-state index contributed by atoms with van der Waals surface area (Å²) in [7, 11) is -3.20. The predicted octanol–water partition coefficient (Wildman–Crippen LogP) is 2.38. The number of pyridine rings is 1. The van der Waals surface area contributed by atoms with Gasteiger partial charge in [0.2, 0.25) is 15.7 Å². The van der Waals surface area contributed by atoms with Gasteiger partial charge in [-0.2, -0.15) is 5.10 Å². The molecule has 8 heteroatoms. The van der Waals surface area contributed by atoms with Crippen molar-refractivity contribution in [3.05, 3.63) is 59.9 Å². The van der Waals surface area contributed by atoms with E-state index in [0.717, 1.165) is 29.0 Å². The number of benzene rings is 1. The Kier molecular flexibility index (Phi) is 3.96. The van der Waals surface area contributed by atoms with Gasteiger partial charge in [0.1, 0.15) is 5.75 Å². The van der Waals surface area contributed by atoms with Crippen molar-refractivity contribution in [2.75, 3.05) is 19.3 Å². The first kappa shape index (κ1) is 17.6. The van der Waals surface area contributed by atoms with Crippen LogP contribution in [0.2, 0.25) is 0 Å². The van der Waals surface area contributed by atoms with E-state index in [1.165, 1.54) is 10.6 Å². The molecule has 0 bridgehead atoms. The molecule has 1 spiro atoms. The second-order valence-electron chi connectivity index (χ2n) is 7.60. The summed E-state index contributed by atoms with van der Waals surface area (Å²) < 4.78 is 32.0. The number of para-hydroxylation sites is 1. The third kappa shape index (κ3) is 2.79. The maximum absolute atomic E-state index is 12.0. The van der Waals surface area contributed by atoms with Crippen molar-refractivity contribution in [2.24, 2.45) is 5.10 Å². The van der Waals surface area contributed by atoms with Crippen LogP contribution in [-0.2, 0) is 10.0 Å². The van der Waals surface area contributed by atoms with E-state index in [4.69, 9.17) is 9.84 Å². The molecule has 3 aliphatic rings. The molecule has 0 saturated carbocycles. The van der Waals surface area contributed by atoms with E-state index in [1.54, 1.807) is 12.4 Å². The minimum atomic E-state index is -3.20. The van der Waals surface area contributed by atoms with Crippen molar-refractivity contribution in [2.45, 2.75) is 31.0 Å². The van der Waals surface area contributed by atoms with Crippen molar-refractivity contribution >= 4 is 15.7 Å². The van der Waals surface area contributed by atoms with Gasteiger partial charge in [-0.25, -0.2) is 17.7 Å². The molecular formula is C20H22N4O3S. The molecule has 5 rings (SSSR count). The Morgan fingerprint density at radius 1 is 1.11 bits per heavy atom. The Morgan fingerprint density at radius 2 is 1.82 bits per heavy atom. The summed E-state index contributed by atoms with van der Waals surface area (Å²) in [4.78, 5) is 4.10. The maximum atomic E-state index is 12.0. The van der Waals surface area contributed by atoms with E-state index in [9.17, 15) is 8.42 Å². The van der Waals surface area contributed by atoms with E-state index in [0.29, 0.717) is 25.9 Å². The molecule has 1 aromatic carbocycles. The average molecular weight is 398 g/mol. The molecule has 7 nitrogen and oxygen atoms in total. The third-order valence-corrected chi connectivity index (χ3v) is 7.20. The van der Waals surface area contributed by atoms with Crippen molar-refractivity contribution in [1.82, 2.24) is 14.3 Å². The second-order valence-corrected chi connectivity index (χ2v) is 9.58. The molecule has 0 amide bonds. The van der Waals surface area contributed by atoms with Gasteiger partial charge in [0.15, 0.2) is 0 Å². The lowest BCUT2D eigenvalue weighted by Crippen LogP contribution is -2.59. The highest BCUT2D eigenvalue weighted by atomic mass is 32.2. The zero-order valence-electron chi connectivity index (χ0n) is 15.7. The number of hydrazone groups is 1. The van der Waals surface area contributed by atoms with Gasteiger partial charge >= 0.3 is 0 Å². The van der Waals surface area contributed by atoms with Crippen LogP contribution in [-0.4, -0.2) is 53.5 Å².